The standard InChI is InChI=1S/C13H10I/c1-3-7-12-10(5-1)9-11-6-2-4-8-13(11)14-12/h1-8H,9H2/q+1. The third-order valence-electron chi connectivity index (χ3n) is 2.50. The largest absolute Gasteiger partial charge is 0.358 e. The van der Waals surface area contributed by atoms with Gasteiger partial charge in [0.1, 0.15) is 0 Å². The molecule has 0 saturated heterocycles. The number of benzene rings is 2. The van der Waals surface area contributed by atoms with Crippen molar-refractivity contribution < 1.29 is 21.2 Å². The van der Waals surface area contributed by atoms with Crippen LogP contribution in [0.4, 0.5) is 0 Å². The van der Waals surface area contributed by atoms with Crippen LogP contribution in [0.5, 0.6) is 0 Å². The fourth-order valence-corrected chi connectivity index (χ4v) is 4.62. The van der Waals surface area contributed by atoms with Crippen LogP contribution >= 0.6 is 0 Å². The van der Waals surface area contributed by atoms with E-state index < -0.39 is 0 Å². The summed E-state index contributed by atoms with van der Waals surface area (Å²) in [5, 5.41) is 0. The Bertz CT molecular complexity index is 387. The molecule has 0 radical (unpaired) electrons. The van der Waals surface area contributed by atoms with Crippen LogP contribution in [0.15, 0.2) is 48.5 Å². The van der Waals surface area contributed by atoms with E-state index in [9.17, 15) is 0 Å². The maximum absolute atomic E-state index is 2.29. The fourth-order valence-electron chi connectivity index (χ4n) is 1.78. The maximum Gasteiger partial charge on any atom is 0.358 e. The van der Waals surface area contributed by atoms with Gasteiger partial charge in [0.15, 0.2) is 7.14 Å². The molecule has 68 valence electrons. The Labute approximate surface area is 94.2 Å². The van der Waals surface area contributed by atoms with Gasteiger partial charge >= 0.3 is 21.2 Å². The fraction of sp³-hybridized carbons (Fsp3) is 0.0769. The summed E-state index contributed by atoms with van der Waals surface area (Å²) in [7, 11) is 0. The van der Waals surface area contributed by atoms with Gasteiger partial charge in [-0.05, 0) is 12.1 Å². The van der Waals surface area contributed by atoms with E-state index in [0.717, 1.165) is 6.42 Å². The van der Waals surface area contributed by atoms with Gasteiger partial charge in [0.2, 0.25) is 0 Å². The molecule has 0 N–H and O–H groups in total. The highest BCUT2D eigenvalue weighted by molar-refractivity contribution is 5.27. The lowest BCUT2D eigenvalue weighted by Gasteiger charge is -2.07. The zero-order valence-corrected chi connectivity index (χ0v) is 9.86. The van der Waals surface area contributed by atoms with E-state index in [4.69, 9.17) is 0 Å². The molecule has 0 saturated carbocycles. The minimum absolute atomic E-state index is 0.0753. The first kappa shape index (κ1) is 8.48. The van der Waals surface area contributed by atoms with Crippen molar-refractivity contribution in [3.63, 3.8) is 0 Å². The molecule has 14 heavy (non-hydrogen) atoms. The summed E-state index contributed by atoms with van der Waals surface area (Å²) in [4.78, 5) is 0. The van der Waals surface area contributed by atoms with E-state index >= 15 is 0 Å². The van der Waals surface area contributed by atoms with Gasteiger partial charge in [-0.2, -0.15) is 0 Å². The molecule has 1 heteroatoms. The molecular weight excluding hydrogens is 283 g/mol. The Morgan fingerprint density at radius 1 is 0.714 bits per heavy atom. The average molecular weight is 293 g/mol. The lowest BCUT2D eigenvalue weighted by Crippen LogP contribution is -3.62. The second-order valence-corrected chi connectivity index (χ2v) is 6.32. The lowest BCUT2D eigenvalue weighted by atomic mass is 10.1. The molecule has 0 spiro atoms. The van der Waals surface area contributed by atoms with Crippen molar-refractivity contribution in [2.75, 3.05) is 0 Å². The third kappa shape index (κ3) is 1.36. The summed E-state index contributed by atoms with van der Waals surface area (Å²) in [6, 6.07) is 17.7. The Morgan fingerprint density at radius 2 is 1.21 bits per heavy atom. The number of fused-ring (bicyclic) bond motifs is 2. The summed E-state index contributed by atoms with van der Waals surface area (Å²) >= 11 is 0.0753. The quantitative estimate of drug-likeness (QED) is 0.500. The zero-order valence-electron chi connectivity index (χ0n) is 7.70. The second kappa shape index (κ2) is 3.39. The van der Waals surface area contributed by atoms with Crippen molar-refractivity contribution in [1.29, 1.82) is 0 Å². The molecule has 1 aliphatic rings. The Kier molecular flexibility index (Phi) is 2.05. The molecule has 3 rings (SSSR count). The highest BCUT2D eigenvalue weighted by Crippen LogP contribution is 2.11. The van der Waals surface area contributed by atoms with Crippen molar-refractivity contribution in [2.45, 2.75) is 6.42 Å². The average Bonchev–Trinajstić information content (AvgIpc) is 2.26. The Balaban J connectivity index is 2.12. The van der Waals surface area contributed by atoms with Crippen LogP contribution in [0.25, 0.3) is 0 Å². The predicted molar refractivity (Wildman–Crippen MR) is 53.1 cm³/mol. The number of hydrogen-bond acceptors (Lipinski definition) is 0. The van der Waals surface area contributed by atoms with Crippen molar-refractivity contribution >= 4 is 0 Å². The topological polar surface area (TPSA) is 0 Å². The van der Waals surface area contributed by atoms with Crippen molar-refractivity contribution in [1.82, 2.24) is 0 Å². The van der Waals surface area contributed by atoms with Crippen LogP contribution in [-0.4, -0.2) is 0 Å². The maximum atomic E-state index is 2.29. The first-order valence-electron chi connectivity index (χ1n) is 4.74. The van der Waals surface area contributed by atoms with E-state index in [2.05, 4.69) is 48.5 Å². The normalized spacial score (nSPS) is 13.1. The molecule has 0 bridgehead atoms. The Hall–Kier alpha value is -0.830. The molecule has 2 aromatic carbocycles. The smallest absolute Gasteiger partial charge is 0.0617 e. The highest BCUT2D eigenvalue weighted by atomic mass is 127. The number of rotatable bonds is 0. The molecule has 0 amide bonds. The molecule has 0 nitrogen and oxygen atoms in total. The van der Waals surface area contributed by atoms with E-state index in [1.807, 2.05) is 0 Å². The van der Waals surface area contributed by atoms with Crippen molar-refractivity contribution in [2.24, 2.45) is 0 Å². The van der Waals surface area contributed by atoms with Gasteiger partial charge in [-0.25, -0.2) is 0 Å². The summed E-state index contributed by atoms with van der Waals surface area (Å²) in [6.07, 6.45) is 1.13. The summed E-state index contributed by atoms with van der Waals surface area (Å²) < 4.78 is 3.20. The van der Waals surface area contributed by atoms with Crippen LogP contribution in [0.3, 0.4) is 0 Å². The molecule has 1 heterocycles. The molecule has 2 aromatic rings. The second-order valence-electron chi connectivity index (χ2n) is 3.45. The third-order valence-corrected chi connectivity index (χ3v) is 5.77. The van der Waals surface area contributed by atoms with Gasteiger partial charge < -0.3 is 0 Å². The van der Waals surface area contributed by atoms with E-state index in [-0.39, 0.29) is 21.2 Å². The van der Waals surface area contributed by atoms with Gasteiger partial charge in [-0.3, -0.25) is 0 Å². The monoisotopic (exact) mass is 293 g/mol. The van der Waals surface area contributed by atoms with Crippen LogP contribution < -0.4 is 21.2 Å². The van der Waals surface area contributed by atoms with Gasteiger partial charge in [-0.15, -0.1) is 0 Å². The molecule has 1 aliphatic heterocycles. The first-order chi connectivity index (χ1) is 6.93. The minimum atomic E-state index is 0.0753. The Morgan fingerprint density at radius 3 is 1.79 bits per heavy atom. The predicted octanol–water partition coefficient (Wildman–Crippen LogP) is -0.281. The van der Waals surface area contributed by atoms with Crippen molar-refractivity contribution in [3.05, 3.63) is 66.8 Å². The molecule has 0 unspecified atom stereocenters. The van der Waals surface area contributed by atoms with E-state index in [1.165, 1.54) is 0 Å². The zero-order chi connectivity index (χ0) is 9.38. The highest BCUT2D eigenvalue weighted by Gasteiger charge is 2.27. The molecule has 0 aromatic heterocycles. The van der Waals surface area contributed by atoms with Gasteiger partial charge in [0, 0.05) is 17.5 Å². The van der Waals surface area contributed by atoms with Crippen LogP contribution in [0.2, 0.25) is 0 Å². The summed E-state index contributed by atoms with van der Waals surface area (Å²) in [5.41, 5.74) is 3.08. The summed E-state index contributed by atoms with van der Waals surface area (Å²) in [5.74, 6) is 0. The van der Waals surface area contributed by atoms with E-state index in [0.29, 0.717) is 0 Å². The van der Waals surface area contributed by atoms with Crippen LogP contribution in [0.1, 0.15) is 11.1 Å². The summed E-state index contributed by atoms with van der Waals surface area (Å²) in [6.45, 7) is 0. The van der Waals surface area contributed by atoms with E-state index in [1.54, 1.807) is 18.3 Å². The van der Waals surface area contributed by atoms with Crippen LogP contribution in [0, 0.1) is 7.14 Å². The first-order valence-corrected chi connectivity index (χ1v) is 6.90. The van der Waals surface area contributed by atoms with Gasteiger partial charge in [0.25, 0.3) is 0 Å². The number of hydrogen-bond donors (Lipinski definition) is 0. The minimum Gasteiger partial charge on any atom is -0.0617 e. The van der Waals surface area contributed by atoms with Crippen molar-refractivity contribution in [3.8, 4) is 0 Å². The number of halogens is 1. The SMILES string of the molecule is c1ccc2c(c1)Cc1ccccc1[I+]2. The van der Waals surface area contributed by atoms with Crippen LogP contribution in [-0.2, 0) is 6.42 Å². The lowest BCUT2D eigenvalue weighted by molar-refractivity contribution is -0.601. The van der Waals surface area contributed by atoms with Gasteiger partial charge in [-0.1, -0.05) is 36.4 Å². The molecule has 0 fully saturated rings. The molecule has 0 atom stereocenters. The molecular formula is C13H10I+. The molecule has 0 aliphatic carbocycles. The van der Waals surface area contributed by atoms with Gasteiger partial charge in [0.05, 0.1) is 0 Å².